The Balaban J connectivity index is 0.900. The molecule has 0 aliphatic heterocycles. The lowest BCUT2D eigenvalue weighted by atomic mass is 9.62. The van der Waals surface area contributed by atoms with Crippen LogP contribution in [0, 0.1) is 22.5 Å². The molecular formula is C105H130F2O4. The van der Waals surface area contributed by atoms with Crippen LogP contribution in [0.25, 0.3) is 87.6 Å². The van der Waals surface area contributed by atoms with Gasteiger partial charge in [0.15, 0.2) is 0 Å². The Morgan fingerprint density at radius 3 is 0.793 bits per heavy atom. The average Bonchev–Trinajstić information content (AvgIpc) is 0.711. The Morgan fingerprint density at radius 2 is 0.550 bits per heavy atom. The van der Waals surface area contributed by atoms with E-state index in [1.54, 1.807) is 12.1 Å². The van der Waals surface area contributed by atoms with E-state index in [1.807, 2.05) is 13.8 Å². The van der Waals surface area contributed by atoms with E-state index in [0.717, 1.165) is 130 Å². The molecule has 0 spiro atoms. The molecule has 10 aromatic carbocycles. The van der Waals surface area contributed by atoms with Gasteiger partial charge in [-0.3, -0.25) is 0 Å². The first-order valence-electron chi connectivity index (χ1n) is 42.0. The zero-order valence-electron chi connectivity index (χ0n) is 72.9. The number of ether oxygens (including phenoxy) is 2. The summed E-state index contributed by atoms with van der Waals surface area (Å²) in [5.41, 5.74) is 16.9. The second kappa shape index (κ2) is 26.4. The summed E-state index contributed by atoms with van der Waals surface area (Å²) >= 11 is 0. The first-order valence-corrected chi connectivity index (χ1v) is 42.0. The van der Waals surface area contributed by atoms with E-state index in [4.69, 9.17) is 9.47 Å². The summed E-state index contributed by atoms with van der Waals surface area (Å²) in [6.07, 6.45) is 9.60. The van der Waals surface area contributed by atoms with E-state index in [1.165, 1.54) is 68.8 Å². The summed E-state index contributed by atoms with van der Waals surface area (Å²) in [4.78, 5) is 0. The fraction of sp³-hybridized carbons (Fsp3) is 0.505. The lowest BCUT2D eigenvalue weighted by Crippen LogP contribution is -2.34. The molecule has 111 heavy (non-hydrogen) atoms. The summed E-state index contributed by atoms with van der Waals surface area (Å²) in [6.45, 7) is 65.2. The van der Waals surface area contributed by atoms with E-state index < -0.39 is 34.7 Å². The highest BCUT2D eigenvalue weighted by atomic mass is 19.1. The molecular weight excluding hydrogens is 1360 g/mol. The van der Waals surface area contributed by atoms with Gasteiger partial charge in [-0.05, 0) is 339 Å². The van der Waals surface area contributed by atoms with Gasteiger partial charge in [0.25, 0.3) is 0 Å². The quantitative estimate of drug-likeness (QED) is 0.107. The summed E-state index contributed by atoms with van der Waals surface area (Å²) in [5.74, 6) is 0.110. The molecule has 0 fully saturated rings. The van der Waals surface area contributed by atoms with Crippen LogP contribution in [-0.4, -0.2) is 22.4 Å². The molecule has 2 atom stereocenters. The van der Waals surface area contributed by atoms with Gasteiger partial charge in [0.1, 0.15) is 34.6 Å². The van der Waals surface area contributed by atoms with Gasteiger partial charge in [-0.25, -0.2) is 8.78 Å². The summed E-state index contributed by atoms with van der Waals surface area (Å²) in [6, 6.07) is 42.6. The van der Waals surface area contributed by atoms with Crippen molar-refractivity contribution in [3.63, 3.8) is 0 Å². The topological polar surface area (TPSA) is 58.9 Å². The standard InChI is InChI=1S/C105H130F2O4/c1-60(110-88-31-29-68(106)52-74(88)76-48-66(104(25,26)58-94(3,4)5)50-78(92(76)108)90-70-54-84-80(96(9,10)33-37-100(84,17)18)44-62(70)42-63-45-81-85(55-71(63)90)101(19,20)38-34-97(81,11)12)41-61(2)111-89-32-30-69(107)53-75(89)77-49-67(105(27,28)59-95(6,7)8)51-79(93(77)109)91-72-56-86-82(98(13,14)35-39-102(86,21)22)46-64(72)43-65-47-83-87(57-73(65)91)103(23,24)40-36-99(83,15)16/h29-32,42-57,60-61,108-109H,33-41,58-59H2,1-28H3/t60-,61?/m1/s1. The molecule has 4 nitrogen and oxygen atoms in total. The van der Waals surface area contributed by atoms with Crippen molar-refractivity contribution in [2.75, 3.05) is 0 Å². The lowest BCUT2D eigenvalue weighted by Gasteiger charge is -2.43. The Bertz CT molecular complexity index is 4920. The Hall–Kier alpha value is -7.70. The van der Waals surface area contributed by atoms with Crippen LogP contribution in [0.2, 0.25) is 0 Å². The van der Waals surface area contributed by atoms with Gasteiger partial charge in [-0.15, -0.1) is 0 Å². The molecule has 0 radical (unpaired) electrons. The van der Waals surface area contributed by atoms with Crippen molar-refractivity contribution in [2.24, 2.45) is 10.8 Å². The van der Waals surface area contributed by atoms with Gasteiger partial charge in [-0.2, -0.15) is 0 Å². The maximum atomic E-state index is 16.6. The normalized spacial score (nSPS) is 19.3. The number of rotatable bonds is 14. The molecule has 0 heterocycles. The smallest absolute Gasteiger partial charge is 0.131 e. The molecule has 2 N–H and O–H groups in total. The number of phenolic OH excluding ortho intramolecular Hbond substituents is 2. The number of hydrogen-bond acceptors (Lipinski definition) is 4. The van der Waals surface area contributed by atoms with Gasteiger partial charge >= 0.3 is 0 Å². The Morgan fingerprint density at radius 1 is 0.315 bits per heavy atom. The van der Waals surface area contributed by atoms with Crippen LogP contribution in [0.4, 0.5) is 8.78 Å². The molecule has 6 heteroatoms. The van der Waals surface area contributed by atoms with Gasteiger partial charge in [-0.1, -0.05) is 204 Å². The molecule has 0 saturated heterocycles. The average molecular weight is 1490 g/mol. The summed E-state index contributed by atoms with van der Waals surface area (Å²) in [5, 5.41) is 36.6. The molecule has 0 bridgehead atoms. The van der Waals surface area contributed by atoms with Crippen LogP contribution in [0.1, 0.15) is 320 Å². The van der Waals surface area contributed by atoms with Crippen molar-refractivity contribution >= 4 is 43.1 Å². The summed E-state index contributed by atoms with van der Waals surface area (Å²) in [7, 11) is 0. The molecule has 1 unspecified atom stereocenters. The highest BCUT2D eigenvalue weighted by Gasteiger charge is 2.44. The van der Waals surface area contributed by atoms with Crippen LogP contribution in [0.15, 0.2) is 121 Å². The number of hydrogen-bond donors (Lipinski definition) is 2. The van der Waals surface area contributed by atoms with Crippen molar-refractivity contribution in [1.82, 2.24) is 0 Å². The highest BCUT2D eigenvalue weighted by Crippen LogP contribution is 2.59. The zero-order chi connectivity index (χ0) is 81.0. The molecule has 4 aliphatic carbocycles. The van der Waals surface area contributed by atoms with Crippen molar-refractivity contribution < 1.29 is 28.5 Å². The minimum Gasteiger partial charge on any atom is -0.507 e. The molecule has 14 rings (SSSR count). The number of phenols is 2. The largest absolute Gasteiger partial charge is 0.507 e. The van der Waals surface area contributed by atoms with E-state index >= 15 is 8.78 Å². The second-order valence-corrected chi connectivity index (χ2v) is 44.5. The van der Waals surface area contributed by atoms with Gasteiger partial charge in [0.05, 0.1) is 12.2 Å². The lowest BCUT2D eigenvalue weighted by molar-refractivity contribution is 0.131. The maximum absolute atomic E-state index is 16.6. The Kier molecular flexibility index (Phi) is 19.0. The van der Waals surface area contributed by atoms with Gasteiger partial charge < -0.3 is 19.7 Å². The van der Waals surface area contributed by atoms with Gasteiger partial charge in [0, 0.05) is 50.9 Å². The van der Waals surface area contributed by atoms with E-state index in [-0.39, 0.29) is 65.6 Å². The highest BCUT2D eigenvalue weighted by molar-refractivity contribution is 6.17. The maximum Gasteiger partial charge on any atom is 0.131 e. The molecule has 0 amide bonds. The SMILES string of the molecule is CC(C[C@@H](C)Oc1ccc(F)cc1-c1cc(C(C)(C)CC(C)(C)C)cc(-c2c3cc4c(cc3cc3cc5c(cc23)C(C)(C)CCC5(C)C)C(C)(C)CCC4(C)C)c1O)Oc1ccc(F)cc1-c1cc(C(C)(C)CC(C)(C)C)cc(-c2c3cc4c(cc3cc3cc5c(cc23)C(C)(C)CCC5(C)C)C(C)(C)CCC4(C)C)c1O. The molecule has 10 aromatic rings. The third-order valence-electron chi connectivity index (χ3n) is 27.8. The fourth-order valence-corrected chi connectivity index (χ4v) is 21.4. The first kappa shape index (κ1) is 79.9. The van der Waals surface area contributed by atoms with E-state index in [9.17, 15) is 10.2 Å². The molecule has 588 valence electrons. The van der Waals surface area contributed by atoms with Crippen LogP contribution in [0.5, 0.6) is 23.0 Å². The molecule has 4 aliphatic rings. The molecule has 0 aromatic heterocycles. The van der Waals surface area contributed by atoms with Crippen LogP contribution in [-0.2, 0) is 54.1 Å². The number of aromatic hydroxyl groups is 2. The van der Waals surface area contributed by atoms with Crippen molar-refractivity contribution in [1.29, 1.82) is 0 Å². The number of benzene rings is 10. The van der Waals surface area contributed by atoms with Crippen molar-refractivity contribution in [2.45, 2.75) is 331 Å². The minimum absolute atomic E-state index is 0.0341. The third kappa shape index (κ3) is 14.5. The van der Waals surface area contributed by atoms with Crippen LogP contribution < -0.4 is 9.47 Å². The van der Waals surface area contributed by atoms with Gasteiger partial charge in [0.2, 0.25) is 0 Å². The minimum atomic E-state index is -0.515. The number of halogens is 2. The van der Waals surface area contributed by atoms with Crippen molar-refractivity contribution in [3.8, 4) is 67.5 Å². The number of fused-ring (bicyclic) bond motifs is 8. The Labute approximate surface area is 665 Å². The summed E-state index contributed by atoms with van der Waals surface area (Å²) < 4.78 is 47.6. The monoisotopic (exact) mass is 1490 g/mol. The van der Waals surface area contributed by atoms with Crippen LogP contribution in [0.3, 0.4) is 0 Å². The third-order valence-corrected chi connectivity index (χ3v) is 27.8. The predicted molar refractivity (Wildman–Crippen MR) is 468 cm³/mol. The zero-order valence-corrected chi connectivity index (χ0v) is 72.9. The fourth-order valence-electron chi connectivity index (χ4n) is 21.4. The van der Waals surface area contributed by atoms with E-state index in [0.29, 0.717) is 51.3 Å². The van der Waals surface area contributed by atoms with E-state index in [2.05, 4.69) is 265 Å². The first-order chi connectivity index (χ1) is 51.1. The van der Waals surface area contributed by atoms with Crippen LogP contribution >= 0.6 is 0 Å². The second-order valence-electron chi connectivity index (χ2n) is 44.5. The molecule has 0 saturated carbocycles. The van der Waals surface area contributed by atoms with Crippen molar-refractivity contribution in [3.05, 3.63) is 189 Å². The predicted octanol–water partition coefficient (Wildman–Crippen LogP) is 30.1.